The number of aliphatic hydroxyl groups is 1. The SMILES string of the molecule is COCCC(C)(O)CNC(c1ccc(Cl)cc1)C1CC1. The summed E-state index contributed by atoms with van der Waals surface area (Å²) >= 11 is 5.94. The van der Waals surface area contributed by atoms with Crippen molar-refractivity contribution in [2.24, 2.45) is 5.92 Å². The van der Waals surface area contributed by atoms with E-state index in [9.17, 15) is 5.11 Å². The monoisotopic (exact) mass is 297 g/mol. The first-order valence-electron chi connectivity index (χ1n) is 7.22. The number of ether oxygens (including phenoxy) is 1. The van der Waals surface area contributed by atoms with Gasteiger partial charge < -0.3 is 15.2 Å². The fourth-order valence-corrected chi connectivity index (χ4v) is 2.52. The molecule has 1 aromatic rings. The summed E-state index contributed by atoms with van der Waals surface area (Å²) < 4.78 is 5.04. The molecule has 0 heterocycles. The zero-order chi connectivity index (χ0) is 14.6. The van der Waals surface area contributed by atoms with Crippen molar-refractivity contribution in [1.29, 1.82) is 0 Å². The summed E-state index contributed by atoms with van der Waals surface area (Å²) in [5.41, 5.74) is 0.509. The van der Waals surface area contributed by atoms with Crippen LogP contribution in [0.3, 0.4) is 0 Å². The number of halogens is 1. The van der Waals surface area contributed by atoms with E-state index in [1.165, 1.54) is 18.4 Å². The molecule has 2 rings (SSSR count). The van der Waals surface area contributed by atoms with Crippen molar-refractivity contribution >= 4 is 11.6 Å². The van der Waals surface area contributed by atoms with Gasteiger partial charge >= 0.3 is 0 Å². The first-order chi connectivity index (χ1) is 9.52. The maximum atomic E-state index is 10.3. The number of hydrogen-bond acceptors (Lipinski definition) is 3. The van der Waals surface area contributed by atoms with Crippen molar-refractivity contribution in [3.8, 4) is 0 Å². The molecule has 0 saturated heterocycles. The van der Waals surface area contributed by atoms with Gasteiger partial charge in [-0.05, 0) is 43.4 Å². The Hall–Kier alpha value is -0.610. The second-order valence-corrected chi connectivity index (χ2v) is 6.42. The van der Waals surface area contributed by atoms with Crippen LogP contribution in [0.2, 0.25) is 5.02 Å². The first-order valence-corrected chi connectivity index (χ1v) is 7.60. The molecule has 2 unspecified atom stereocenters. The number of methoxy groups -OCH3 is 1. The Balaban J connectivity index is 1.94. The molecule has 1 aliphatic carbocycles. The van der Waals surface area contributed by atoms with E-state index in [-0.39, 0.29) is 0 Å². The third-order valence-corrected chi connectivity index (χ3v) is 4.12. The molecule has 0 aromatic heterocycles. The Morgan fingerprint density at radius 1 is 1.40 bits per heavy atom. The lowest BCUT2D eigenvalue weighted by atomic mass is 9.99. The molecule has 20 heavy (non-hydrogen) atoms. The highest BCUT2D eigenvalue weighted by atomic mass is 35.5. The molecule has 1 aliphatic rings. The number of hydrogen-bond donors (Lipinski definition) is 2. The molecule has 3 nitrogen and oxygen atoms in total. The zero-order valence-corrected chi connectivity index (χ0v) is 13.0. The van der Waals surface area contributed by atoms with Crippen molar-refractivity contribution in [2.75, 3.05) is 20.3 Å². The van der Waals surface area contributed by atoms with E-state index in [0.29, 0.717) is 31.5 Å². The highest BCUT2D eigenvalue weighted by molar-refractivity contribution is 6.30. The van der Waals surface area contributed by atoms with Crippen LogP contribution < -0.4 is 5.32 Å². The van der Waals surface area contributed by atoms with E-state index in [0.717, 1.165) is 5.02 Å². The molecular weight excluding hydrogens is 274 g/mol. The van der Waals surface area contributed by atoms with Gasteiger partial charge in [-0.15, -0.1) is 0 Å². The van der Waals surface area contributed by atoms with E-state index in [4.69, 9.17) is 16.3 Å². The average molecular weight is 298 g/mol. The van der Waals surface area contributed by atoms with Gasteiger partial charge in [0.15, 0.2) is 0 Å². The summed E-state index contributed by atoms with van der Waals surface area (Å²) in [5, 5.41) is 14.6. The summed E-state index contributed by atoms with van der Waals surface area (Å²) in [4.78, 5) is 0. The smallest absolute Gasteiger partial charge is 0.0765 e. The minimum atomic E-state index is -0.741. The molecule has 2 N–H and O–H groups in total. The third kappa shape index (κ3) is 4.74. The molecule has 1 aromatic carbocycles. The average Bonchev–Trinajstić information content (AvgIpc) is 3.23. The highest BCUT2D eigenvalue weighted by Crippen LogP contribution is 2.41. The third-order valence-electron chi connectivity index (χ3n) is 3.87. The van der Waals surface area contributed by atoms with Crippen molar-refractivity contribution in [1.82, 2.24) is 5.32 Å². The molecular formula is C16H24ClNO2. The number of rotatable bonds is 8. The first kappa shape index (κ1) is 15.8. The maximum absolute atomic E-state index is 10.3. The van der Waals surface area contributed by atoms with Crippen molar-refractivity contribution in [3.63, 3.8) is 0 Å². The Morgan fingerprint density at radius 2 is 2.05 bits per heavy atom. The van der Waals surface area contributed by atoms with Gasteiger partial charge in [0.25, 0.3) is 0 Å². The second-order valence-electron chi connectivity index (χ2n) is 5.99. The summed E-state index contributed by atoms with van der Waals surface area (Å²) in [5.74, 6) is 0.675. The minimum absolute atomic E-state index is 0.307. The zero-order valence-electron chi connectivity index (χ0n) is 12.2. The molecule has 0 bridgehead atoms. The largest absolute Gasteiger partial charge is 0.389 e. The molecule has 0 amide bonds. The van der Waals surface area contributed by atoms with E-state index in [1.54, 1.807) is 7.11 Å². The number of nitrogens with one attached hydrogen (secondary N) is 1. The molecule has 0 spiro atoms. The quantitative estimate of drug-likeness (QED) is 0.774. The van der Waals surface area contributed by atoms with Gasteiger partial charge in [-0.25, -0.2) is 0 Å². The van der Waals surface area contributed by atoms with Gasteiger partial charge in [-0.1, -0.05) is 23.7 Å². The summed E-state index contributed by atoms with van der Waals surface area (Å²) in [6.07, 6.45) is 3.13. The van der Waals surface area contributed by atoms with Crippen LogP contribution in [0, 0.1) is 5.92 Å². The van der Waals surface area contributed by atoms with E-state index in [1.807, 2.05) is 19.1 Å². The summed E-state index contributed by atoms with van der Waals surface area (Å²) in [7, 11) is 1.66. The van der Waals surface area contributed by atoms with Gasteiger partial charge in [-0.3, -0.25) is 0 Å². The Morgan fingerprint density at radius 3 is 2.60 bits per heavy atom. The van der Waals surface area contributed by atoms with Gasteiger partial charge in [0.2, 0.25) is 0 Å². The van der Waals surface area contributed by atoms with Crippen LogP contribution in [0.1, 0.15) is 37.8 Å². The Bertz CT molecular complexity index is 415. The molecule has 2 atom stereocenters. The van der Waals surface area contributed by atoms with Crippen molar-refractivity contribution < 1.29 is 9.84 Å². The minimum Gasteiger partial charge on any atom is -0.389 e. The lowest BCUT2D eigenvalue weighted by Crippen LogP contribution is -2.40. The van der Waals surface area contributed by atoms with Crippen molar-refractivity contribution in [2.45, 2.75) is 37.8 Å². The summed E-state index contributed by atoms with van der Waals surface area (Å²) in [6.45, 7) is 2.99. The second kappa shape index (κ2) is 6.90. The molecule has 1 fully saturated rings. The van der Waals surface area contributed by atoms with Crippen LogP contribution >= 0.6 is 11.6 Å². The topological polar surface area (TPSA) is 41.5 Å². The Kier molecular flexibility index (Phi) is 5.44. The summed E-state index contributed by atoms with van der Waals surface area (Å²) in [6, 6.07) is 8.31. The van der Waals surface area contributed by atoms with E-state index >= 15 is 0 Å². The van der Waals surface area contributed by atoms with E-state index in [2.05, 4.69) is 17.4 Å². The van der Waals surface area contributed by atoms with Gasteiger partial charge in [-0.2, -0.15) is 0 Å². The molecule has 0 aliphatic heterocycles. The van der Waals surface area contributed by atoms with Crippen LogP contribution in [0.15, 0.2) is 24.3 Å². The van der Waals surface area contributed by atoms with Crippen LogP contribution in [0.5, 0.6) is 0 Å². The Labute approximate surface area is 126 Å². The molecule has 4 heteroatoms. The van der Waals surface area contributed by atoms with Gasteiger partial charge in [0.05, 0.1) is 5.60 Å². The lowest BCUT2D eigenvalue weighted by molar-refractivity contribution is 0.0221. The van der Waals surface area contributed by atoms with Crippen LogP contribution in [0.4, 0.5) is 0 Å². The van der Waals surface area contributed by atoms with Crippen molar-refractivity contribution in [3.05, 3.63) is 34.9 Å². The van der Waals surface area contributed by atoms with Crippen LogP contribution in [-0.2, 0) is 4.74 Å². The number of benzene rings is 1. The van der Waals surface area contributed by atoms with Crippen LogP contribution in [-0.4, -0.2) is 31.0 Å². The van der Waals surface area contributed by atoms with Gasteiger partial charge in [0.1, 0.15) is 0 Å². The fraction of sp³-hybridized carbons (Fsp3) is 0.625. The lowest BCUT2D eigenvalue weighted by Gasteiger charge is -2.27. The molecule has 0 radical (unpaired) electrons. The predicted molar refractivity (Wildman–Crippen MR) is 82.0 cm³/mol. The molecule has 1 saturated carbocycles. The maximum Gasteiger partial charge on any atom is 0.0765 e. The standard InChI is InChI=1S/C16H24ClNO2/c1-16(19,9-10-20-2)11-18-15(12-3-4-12)13-5-7-14(17)8-6-13/h5-8,12,15,18-19H,3-4,9-11H2,1-2H3. The predicted octanol–water partition coefficient (Wildman–Crippen LogP) is 3.17. The highest BCUT2D eigenvalue weighted by Gasteiger charge is 2.33. The fourth-order valence-electron chi connectivity index (χ4n) is 2.40. The normalized spacial score (nSPS) is 19.6. The molecule has 112 valence electrons. The van der Waals surface area contributed by atoms with Gasteiger partial charge in [0, 0.05) is 37.7 Å². The van der Waals surface area contributed by atoms with E-state index < -0.39 is 5.60 Å². The van der Waals surface area contributed by atoms with Crippen LogP contribution in [0.25, 0.3) is 0 Å².